The van der Waals surface area contributed by atoms with Crippen molar-refractivity contribution in [2.45, 2.75) is 32.4 Å². The van der Waals surface area contributed by atoms with Gasteiger partial charge in [0.15, 0.2) is 6.61 Å². The summed E-state index contributed by atoms with van der Waals surface area (Å²) in [6, 6.07) is 11.4. The predicted octanol–water partition coefficient (Wildman–Crippen LogP) is 4.11. The summed E-state index contributed by atoms with van der Waals surface area (Å²) in [7, 11) is 1.55. The third-order valence-corrected chi connectivity index (χ3v) is 8.55. The van der Waals surface area contributed by atoms with Gasteiger partial charge in [-0.15, -0.1) is 11.3 Å². The molecule has 3 aromatic rings. The van der Waals surface area contributed by atoms with Gasteiger partial charge in [-0.1, -0.05) is 24.3 Å². The number of alkyl halides is 3. The molecule has 0 saturated heterocycles. The number of aromatic nitrogens is 1. The number of nitrogens with one attached hydrogen (secondary N) is 2. The van der Waals surface area contributed by atoms with Gasteiger partial charge in [0.2, 0.25) is 5.91 Å². The van der Waals surface area contributed by atoms with E-state index in [2.05, 4.69) is 15.6 Å². The van der Waals surface area contributed by atoms with Crippen molar-refractivity contribution in [3.63, 3.8) is 0 Å². The number of nitrogens with zero attached hydrogens (tertiary/aromatic N) is 2. The molecule has 1 aromatic heterocycles. The van der Waals surface area contributed by atoms with E-state index in [9.17, 15) is 32.3 Å². The molecular weight excluding hydrogens is 653 g/mol. The number of hydrogen-bond donors (Lipinski definition) is 2. The molecule has 3 amide bonds. The van der Waals surface area contributed by atoms with Crippen LogP contribution in [0.15, 0.2) is 53.9 Å². The monoisotopic (exact) mass is 690 g/mol. The van der Waals surface area contributed by atoms with Crippen LogP contribution in [0.2, 0.25) is 0 Å². The van der Waals surface area contributed by atoms with Crippen LogP contribution in [0.1, 0.15) is 41.4 Å². The molecule has 0 spiro atoms. The molecule has 258 valence electrons. The van der Waals surface area contributed by atoms with Crippen LogP contribution in [0.3, 0.4) is 0 Å². The van der Waals surface area contributed by atoms with Crippen LogP contribution in [-0.2, 0) is 36.5 Å². The van der Waals surface area contributed by atoms with Gasteiger partial charge in [0.1, 0.15) is 16.5 Å². The van der Waals surface area contributed by atoms with Gasteiger partial charge in [-0.2, -0.15) is 13.2 Å². The third-order valence-electron chi connectivity index (χ3n) is 7.66. The second-order valence-electron chi connectivity index (χ2n) is 11.2. The summed E-state index contributed by atoms with van der Waals surface area (Å²) >= 11 is 1.06. The van der Waals surface area contributed by atoms with Crippen LogP contribution in [0.25, 0.3) is 10.6 Å². The molecule has 0 radical (unpaired) electrons. The second kappa shape index (κ2) is 16.6. The van der Waals surface area contributed by atoms with Gasteiger partial charge in [0.05, 0.1) is 24.1 Å². The highest BCUT2D eigenvalue weighted by Crippen LogP contribution is 2.33. The van der Waals surface area contributed by atoms with Gasteiger partial charge in [0, 0.05) is 44.3 Å². The third kappa shape index (κ3) is 9.76. The Hall–Kier alpha value is -4.50. The molecule has 48 heavy (non-hydrogen) atoms. The highest BCUT2D eigenvalue weighted by molar-refractivity contribution is 7.13. The van der Waals surface area contributed by atoms with E-state index in [-0.39, 0.29) is 45.0 Å². The molecule has 2 aromatic carbocycles. The van der Waals surface area contributed by atoms with E-state index in [0.717, 1.165) is 29.0 Å². The average Bonchev–Trinajstić information content (AvgIpc) is 3.56. The van der Waals surface area contributed by atoms with Crippen LogP contribution < -0.4 is 15.4 Å². The number of esters is 1. The molecule has 2 N–H and O–H groups in total. The summed E-state index contributed by atoms with van der Waals surface area (Å²) < 4.78 is 55.4. The Balaban J connectivity index is 1.60. The summed E-state index contributed by atoms with van der Waals surface area (Å²) in [5.41, 5.74) is -0.904. The first-order valence-corrected chi connectivity index (χ1v) is 16.2. The Morgan fingerprint density at radius 1 is 1.10 bits per heavy atom. The first-order valence-electron chi connectivity index (χ1n) is 15.3. The topological polar surface area (TPSA) is 136 Å². The number of fused-ring (bicyclic) bond motifs is 2. The van der Waals surface area contributed by atoms with Crippen molar-refractivity contribution >= 4 is 35.0 Å². The lowest BCUT2D eigenvalue weighted by Crippen LogP contribution is -2.49. The number of methoxy groups -OCH3 is 1. The smallest absolute Gasteiger partial charge is 0.416 e. The SMILES string of the molecule is CCOC(=O)C1(CCCOC)CNC(=O)CN(C(=O)c2csc(-c3ccc(C(F)(F)F)cc3)n2)CCNC(=O)COc2cccc(c2)C1. The average molecular weight is 691 g/mol. The summed E-state index contributed by atoms with van der Waals surface area (Å²) in [5, 5.41) is 7.26. The minimum atomic E-state index is -4.49. The lowest BCUT2D eigenvalue weighted by molar-refractivity contribution is -0.156. The second-order valence-corrected chi connectivity index (χ2v) is 12.0. The molecule has 11 nitrogen and oxygen atoms in total. The molecule has 2 heterocycles. The first-order chi connectivity index (χ1) is 22.9. The Morgan fingerprint density at radius 3 is 2.58 bits per heavy atom. The van der Waals surface area contributed by atoms with E-state index in [1.807, 2.05) is 6.07 Å². The van der Waals surface area contributed by atoms with Gasteiger partial charge in [-0.05, 0) is 56.0 Å². The number of halogens is 3. The Labute approximate surface area is 279 Å². The zero-order chi connectivity index (χ0) is 34.7. The van der Waals surface area contributed by atoms with Gasteiger partial charge in [0.25, 0.3) is 11.8 Å². The number of benzene rings is 2. The number of thiazole rings is 1. The van der Waals surface area contributed by atoms with Crippen LogP contribution in [0.5, 0.6) is 5.75 Å². The lowest BCUT2D eigenvalue weighted by atomic mass is 9.77. The Morgan fingerprint density at radius 2 is 1.88 bits per heavy atom. The largest absolute Gasteiger partial charge is 0.484 e. The molecule has 4 rings (SSSR count). The number of carbonyl (C=O) groups excluding carboxylic acids is 4. The van der Waals surface area contributed by atoms with Crippen LogP contribution in [-0.4, -0.2) is 86.7 Å². The molecule has 1 unspecified atom stereocenters. The van der Waals surface area contributed by atoms with Crippen molar-refractivity contribution in [1.29, 1.82) is 0 Å². The summed E-state index contributed by atoms with van der Waals surface area (Å²) in [4.78, 5) is 58.6. The zero-order valence-corrected chi connectivity index (χ0v) is 27.4. The summed E-state index contributed by atoms with van der Waals surface area (Å²) in [6.07, 6.45) is -3.49. The highest BCUT2D eigenvalue weighted by Gasteiger charge is 2.40. The van der Waals surface area contributed by atoms with Gasteiger partial charge in [-0.3, -0.25) is 19.2 Å². The van der Waals surface area contributed by atoms with Crippen molar-refractivity contribution in [3.8, 4) is 16.3 Å². The number of rotatable bonds is 8. The van der Waals surface area contributed by atoms with Crippen molar-refractivity contribution in [3.05, 3.63) is 70.7 Å². The minimum Gasteiger partial charge on any atom is -0.484 e. The van der Waals surface area contributed by atoms with E-state index >= 15 is 0 Å². The quantitative estimate of drug-likeness (QED) is 0.266. The van der Waals surface area contributed by atoms with Crippen molar-refractivity contribution in [2.24, 2.45) is 5.41 Å². The Bertz CT molecular complexity index is 1580. The van der Waals surface area contributed by atoms with Gasteiger partial charge in [-0.25, -0.2) is 4.98 Å². The van der Waals surface area contributed by atoms with Crippen LogP contribution in [0.4, 0.5) is 13.2 Å². The van der Waals surface area contributed by atoms with Crippen LogP contribution >= 0.6 is 11.3 Å². The van der Waals surface area contributed by atoms with E-state index in [1.165, 1.54) is 22.4 Å². The van der Waals surface area contributed by atoms with Crippen molar-refractivity contribution in [2.75, 3.05) is 53.1 Å². The first kappa shape index (κ1) is 36.3. The molecule has 1 atom stereocenters. The Kier molecular flexibility index (Phi) is 12.5. The fraction of sp³-hybridized carbons (Fsp3) is 0.424. The van der Waals surface area contributed by atoms with Crippen LogP contribution in [0, 0.1) is 5.41 Å². The summed E-state index contributed by atoms with van der Waals surface area (Å²) in [6.45, 7) is 1.28. The molecule has 0 saturated carbocycles. The molecular formula is C33H37F3N4O7S. The molecule has 1 aliphatic heterocycles. The number of carbonyl (C=O) groups is 4. The normalized spacial score (nSPS) is 18.0. The highest BCUT2D eigenvalue weighted by atomic mass is 32.1. The predicted molar refractivity (Wildman–Crippen MR) is 170 cm³/mol. The molecule has 2 bridgehead atoms. The van der Waals surface area contributed by atoms with E-state index in [4.69, 9.17) is 14.2 Å². The molecule has 1 aliphatic rings. The number of hydrogen-bond acceptors (Lipinski definition) is 9. The van der Waals surface area contributed by atoms with Gasteiger partial charge >= 0.3 is 12.1 Å². The van der Waals surface area contributed by atoms with Gasteiger partial charge < -0.3 is 29.7 Å². The molecule has 0 aliphatic carbocycles. The zero-order valence-electron chi connectivity index (χ0n) is 26.6. The lowest BCUT2D eigenvalue weighted by Gasteiger charge is -2.32. The van der Waals surface area contributed by atoms with Crippen molar-refractivity contribution in [1.82, 2.24) is 20.5 Å². The maximum atomic E-state index is 13.6. The van der Waals surface area contributed by atoms with E-state index in [0.29, 0.717) is 35.8 Å². The fourth-order valence-electron chi connectivity index (χ4n) is 5.21. The number of amides is 3. The molecule has 15 heteroatoms. The van der Waals surface area contributed by atoms with Crippen molar-refractivity contribution < 1.29 is 46.6 Å². The minimum absolute atomic E-state index is 0.0130. The summed E-state index contributed by atoms with van der Waals surface area (Å²) in [5.74, 6) is -1.73. The maximum Gasteiger partial charge on any atom is 0.416 e. The van der Waals surface area contributed by atoms with E-state index < -0.39 is 47.4 Å². The maximum absolute atomic E-state index is 13.6. The standard InChI is InChI=1S/C33H37F3N4O7S/c1-3-46-31(44)32(12-5-15-45-2)17-22-6-4-7-25(16-22)47-19-28(42)37-13-14-40(18-27(41)38-21-32)30(43)26-20-48-29(39-26)23-8-10-24(11-9-23)33(34,35)36/h4,6-11,16,20H,3,5,12-15,17-19,21H2,1-2H3,(H,37,42)(H,38,41). The fourth-order valence-corrected chi connectivity index (χ4v) is 6.01. The molecule has 0 fully saturated rings. The number of ether oxygens (including phenoxy) is 3. The van der Waals surface area contributed by atoms with E-state index in [1.54, 1.807) is 32.2 Å².